The molecule has 1 unspecified atom stereocenters. The van der Waals surface area contributed by atoms with Crippen LogP contribution in [-0.2, 0) is 17.8 Å². The third-order valence-corrected chi connectivity index (χ3v) is 5.11. The summed E-state index contributed by atoms with van der Waals surface area (Å²) in [5.74, 6) is -0.0304. The standard InChI is InChI=1S/C22H23N3O2/c1-16-21(13-23-25(16)19-10-4-3-5-11-19)22(26)24(2)14-20-12-17-8-6-7-9-18(17)15-27-20/h3-11,13,20H,12,14-15H2,1-2H3. The number of para-hydroxylation sites is 1. The SMILES string of the molecule is Cc1c(C(=O)N(C)CC2Cc3ccccc3CO2)cnn1-c1ccccc1. The highest BCUT2D eigenvalue weighted by atomic mass is 16.5. The van der Waals surface area contributed by atoms with Crippen LogP contribution in [0.25, 0.3) is 5.69 Å². The van der Waals surface area contributed by atoms with E-state index < -0.39 is 0 Å². The molecule has 0 aliphatic carbocycles. The Kier molecular flexibility index (Phi) is 4.77. The number of likely N-dealkylation sites (N-methyl/N-ethyl adjacent to an activating group) is 1. The second-order valence-corrected chi connectivity index (χ2v) is 6.98. The summed E-state index contributed by atoms with van der Waals surface area (Å²) in [4.78, 5) is 14.7. The molecule has 1 amide bonds. The quantitative estimate of drug-likeness (QED) is 0.716. The summed E-state index contributed by atoms with van der Waals surface area (Å²) >= 11 is 0. The minimum atomic E-state index is -0.0304. The number of rotatable bonds is 4. The van der Waals surface area contributed by atoms with Crippen LogP contribution in [0.1, 0.15) is 27.2 Å². The fraction of sp³-hybridized carbons (Fsp3) is 0.273. The van der Waals surface area contributed by atoms with Crippen LogP contribution in [0, 0.1) is 6.92 Å². The molecule has 0 fully saturated rings. The van der Waals surface area contributed by atoms with Gasteiger partial charge in [0.25, 0.3) is 5.91 Å². The minimum Gasteiger partial charge on any atom is -0.371 e. The van der Waals surface area contributed by atoms with Gasteiger partial charge in [0.15, 0.2) is 0 Å². The maximum atomic E-state index is 12.9. The first kappa shape index (κ1) is 17.5. The van der Waals surface area contributed by atoms with Gasteiger partial charge in [-0.05, 0) is 30.2 Å². The van der Waals surface area contributed by atoms with Crippen molar-refractivity contribution in [2.24, 2.45) is 0 Å². The Morgan fingerprint density at radius 2 is 1.85 bits per heavy atom. The van der Waals surface area contributed by atoms with Crippen molar-refractivity contribution in [3.05, 3.63) is 83.2 Å². The summed E-state index contributed by atoms with van der Waals surface area (Å²) in [6, 6.07) is 18.2. The lowest BCUT2D eigenvalue weighted by molar-refractivity contribution is 0.00983. The van der Waals surface area contributed by atoms with Gasteiger partial charge in [0.05, 0.1) is 35.9 Å². The molecular weight excluding hydrogens is 338 g/mol. The van der Waals surface area contributed by atoms with Gasteiger partial charge in [0.1, 0.15) is 0 Å². The van der Waals surface area contributed by atoms with Gasteiger partial charge in [-0.25, -0.2) is 4.68 Å². The van der Waals surface area contributed by atoms with Gasteiger partial charge < -0.3 is 9.64 Å². The van der Waals surface area contributed by atoms with Gasteiger partial charge in [-0.15, -0.1) is 0 Å². The van der Waals surface area contributed by atoms with Crippen LogP contribution in [0.4, 0.5) is 0 Å². The van der Waals surface area contributed by atoms with Crippen LogP contribution < -0.4 is 0 Å². The van der Waals surface area contributed by atoms with E-state index in [4.69, 9.17) is 4.74 Å². The van der Waals surface area contributed by atoms with Crippen molar-refractivity contribution in [1.29, 1.82) is 0 Å². The Bertz CT molecular complexity index is 949. The van der Waals surface area contributed by atoms with Gasteiger partial charge in [0.2, 0.25) is 0 Å². The van der Waals surface area contributed by atoms with E-state index in [0.717, 1.165) is 17.8 Å². The Morgan fingerprint density at radius 3 is 2.63 bits per heavy atom. The molecule has 5 heteroatoms. The lowest BCUT2D eigenvalue weighted by Gasteiger charge is -2.29. The van der Waals surface area contributed by atoms with E-state index in [0.29, 0.717) is 18.7 Å². The zero-order valence-corrected chi connectivity index (χ0v) is 15.6. The third kappa shape index (κ3) is 3.51. The molecule has 0 bridgehead atoms. The largest absolute Gasteiger partial charge is 0.371 e. The minimum absolute atomic E-state index is 0.0123. The van der Waals surface area contributed by atoms with Crippen molar-refractivity contribution >= 4 is 5.91 Å². The Labute approximate surface area is 159 Å². The molecular formula is C22H23N3O2. The van der Waals surface area contributed by atoms with E-state index in [1.54, 1.807) is 15.8 Å². The number of ether oxygens (including phenoxy) is 1. The number of carbonyl (C=O) groups is 1. The summed E-state index contributed by atoms with van der Waals surface area (Å²) in [6.07, 6.45) is 2.49. The molecule has 0 spiro atoms. The van der Waals surface area contributed by atoms with Crippen LogP contribution in [0.3, 0.4) is 0 Å². The monoisotopic (exact) mass is 361 g/mol. The maximum absolute atomic E-state index is 12.9. The molecule has 138 valence electrons. The van der Waals surface area contributed by atoms with E-state index in [9.17, 15) is 4.79 Å². The summed E-state index contributed by atoms with van der Waals surface area (Å²) < 4.78 is 7.75. The van der Waals surface area contributed by atoms with Gasteiger partial charge in [-0.3, -0.25) is 4.79 Å². The highest BCUT2D eigenvalue weighted by Crippen LogP contribution is 2.21. The Hall–Kier alpha value is -2.92. The first-order valence-electron chi connectivity index (χ1n) is 9.17. The molecule has 3 aromatic rings. The van der Waals surface area contributed by atoms with Crippen molar-refractivity contribution < 1.29 is 9.53 Å². The molecule has 1 aliphatic rings. The summed E-state index contributed by atoms with van der Waals surface area (Å²) in [5, 5.41) is 4.40. The molecule has 0 saturated carbocycles. The number of amides is 1. The molecule has 5 nitrogen and oxygen atoms in total. The lowest BCUT2D eigenvalue weighted by atomic mass is 9.99. The van der Waals surface area contributed by atoms with Gasteiger partial charge in [0, 0.05) is 20.0 Å². The van der Waals surface area contributed by atoms with E-state index in [1.165, 1.54) is 11.1 Å². The topological polar surface area (TPSA) is 47.4 Å². The molecule has 0 saturated heterocycles. The van der Waals surface area contributed by atoms with Gasteiger partial charge in [-0.2, -0.15) is 5.10 Å². The van der Waals surface area contributed by atoms with Crippen LogP contribution in [-0.4, -0.2) is 40.3 Å². The number of hydrogen-bond acceptors (Lipinski definition) is 3. The normalized spacial score (nSPS) is 16.0. The molecule has 1 atom stereocenters. The van der Waals surface area contributed by atoms with E-state index >= 15 is 0 Å². The fourth-order valence-electron chi connectivity index (χ4n) is 3.57. The van der Waals surface area contributed by atoms with Crippen molar-refractivity contribution in [2.75, 3.05) is 13.6 Å². The molecule has 2 heterocycles. The van der Waals surface area contributed by atoms with Crippen molar-refractivity contribution in [1.82, 2.24) is 14.7 Å². The van der Waals surface area contributed by atoms with Crippen LogP contribution >= 0.6 is 0 Å². The first-order chi connectivity index (χ1) is 13.1. The predicted octanol–water partition coefficient (Wildman–Crippen LogP) is 3.39. The maximum Gasteiger partial charge on any atom is 0.257 e. The first-order valence-corrected chi connectivity index (χ1v) is 9.17. The van der Waals surface area contributed by atoms with Crippen molar-refractivity contribution in [3.8, 4) is 5.69 Å². The number of hydrogen-bond donors (Lipinski definition) is 0. The highest BCUT2D eigenvalue weighted by Gasteiger charge is 2.24. The highest BCUT2D eigenvalue weighted by molar-refractivity contribution is 5.95. The number of nitrogens with zero attached hydrogens (tertiary/aromatic N) is 3. The van der Waals surface area contributed by atoms with E-state index in [1.807, 2.05) is 50.4 Å². The predicted molar refractivity (Wildman–Crippen MR) is 104 cm³/mol. The molecule has 2 aromatic carbocycles. The van der Waals surface area contributed by atoms with Gasteiger partial charge in [-0.1, -0.05) is 42.5 Å². The number of carbonyl (C=O) groups excluding carboxylic acids is 1. The van der Waals surface area contributed by atoms with E-state index in [2.05, 4.69) is 23.3 Å². The van der Waals surface area contributed by atoms with Crippen LogP contribution in [0.2, 0.25) is 0 Å². The van der Waals surface area contributed by atoms with Crippen molar-refractivity contribution in [2.45, 2.75) is 26.1 Å². The molecule has 27 heavy (non-hydrogen) atoms. The molecule has 0 N–H and O–H groups in total. The van der Waals surface area contributed by atoms with Crippen molar-refractivity contribution in [3.63, 3.8) is 0 Å². The van der Waals surface area contributed by atoms with Crippen LogP contribution in [0.5, 0.6) is 0 Å². The number of aromatic nitrogens is 2. The molecule has 1 aromatic heterocycles. The lowest BCUT2D eigenvalue weighted by Crippen LogP contribution is -2.38. The van der Waals surface area contributed by atoms with Crippen LogP contribution in [0.15, 0.2) is 60.8 Å². The summed E-state index contributed by atoms with van der Waals surface area (Å²) in [5.41, 5.74) is 4.96. The molecule has 0 radical (unpaired) electrons. The second-order valence-electron chi connectivity index (χ2n) is 6.98. The molecule has 4 rings (SSSR count). The molecule has 1 aliphatic heterocycles. The second kappa shape index (κ2) is 7.37. The Morgan fingerprint density at radius 1 is 1.15 bits per heavy atom. The third-order valence-electron chi connectivity index (χ3n) is 5.11. The van der Waals surface area contributed by atoms with Gasteiger partial charge >= 0.3 is 0 Å². The number of benzene rings is 2. The summed E-state index contributed by atoms with van der Waals surface area (Å²) in [7, 11) is 1.82. The smallest absolute Gasteiger partial charge is 0.257 e. The summed E-state index contributed by atoms with van der Waals surface area (Å²) in [6.45, 7) is 3.09. The average Bonchev–Trinajstić information content (AvgIpc) is 3.09. The van der Waals surface area contributed by atoms with E-state index in [-0.39, 0.29) is 12.0 Å². The zero-order valence-electron chi connectivity index (χ0n) is 15.6. The Balaban J connectivity index is 1.47. The zero-order chi connectivity index (χ0) is 18.8. The fourth-order valence-corrected chi connectivity index (χ4v) is 3.57. The number of fused-ring (bicyclic) bond motifs is 1. The average molecular weight is 361 g/mol.